The fraction of sp³-hybridized carbons (Fsp3) is 0.167. The number of halogens is 2. The molecule has 0 N–H and O–H groups in total. The third-order valence-corrected chi connectivity index (χ3v) is 8.19. The molecule has 262 valence electrons. The largest absolute Gasteiger partial charge is 0.461 e. The Morgan fingerprint density at radius 3 is 1.37 bits per heavy atom. The highest BCUT2D eigenvalue weighted by atomic mass is 35.5. The number of hydrazone groups is 2. The van der Waals surface area contributed by atoms with Gasteiger partial charge in [0.2, 0.25) is 12.1 Å². The van der Waals surface area contributed by atoms with Gasteiger partial charge in [0.1, 0.15) is 11.4 Å². The molecule has 2 aliphatic heterocycles. The maximum absolute atomic E-state index is 13.3. The monoisotopic (exact) mass is 738 g/mol. The lowest BCUT2D eigenvalue weighted by molar-refractivity contribution is -0.136. The summed E-state index contributed by atoms with van der Waals surface area (Å²) in [5.41, 5.74) is 2.31. The average molecular weight is 740 g/mol. The first-order valence-electron chi connectivity index (χ1n) is 15.9. The SMILES string of the molecule is CCOC(=O)C1=NN(c2ccccc2)C(=O)[C@H]1N=Nc1ccc(-c2ccc(N=N[C@@H]3C(=O)N(c4ccccc4)N=C3C(=O)OCC)c(Cl)c2)cc1Cl. The van der Waals surface area contributed by atoms with E-state index in [2.05, 4.69) is 30.7 Å². The molecule has 0 bridgehead atoms. The van der Waals surface area contributed by atoms with Gasteiger partial charge in [-0.3, -0.25) is 9.59 Å². The molecule has 0 fully saturated rings. The van der Waals surface area contributed by atoms with E-state index in [9.17, 15) is 19.2 Å². The van der Waals surface area contributed by atoms with Gasteiger partial charge >= 0.3 is 11.9 Å². The van der Waals surface area contributed by atoms with Crippen molar-refractivity contribution in [1.82, 2.24) is 0 Å². The number of ether oxygens (including phenoxy) is 2. The summed E-state index contributed by atoms with van der Waals surface area (Å²) in [4.78, 5) is 51.8. The van der Waals surface area contributed by atoms with Crippen molar-refractivity contribution in [3.8, 4) is 11.1 Å². The predicted octanol–water partition coefficient (Wildman–Crippen LogP) is 7.50. The highest BCUT2D eigenvalue weighted by molar-refractivity contribution is 6.46. The molecule has 0 spiro atoms. The van der Waals surface area contributed by atoms with E-state index in [0.717, 1.165) is 10.0 Å². The summed E-state index contributed by atoms with van der Waals surface area (Å²) in [6.07, 6.45) is 0. The van der Waals surface area contributed by atoms with Crippen molar-refractivity contribution in [3.63, 3.8) is 0 Å². The topological polar surface area (TPSA) is 167 Å². The number of hydrogen-bond donors (Lipinski definition) is 0. The summed E-state index contributed by atoms with van der Waals surface area (Å²) < 4.78 is 10.2. The minimum Gasteiger partial charge on any atom is -0.461 e. The average Bonchev–Trinajstić information content (AvgIpc) is 3.67. The van der Waals surface area contributed by atoms with E-state index < -0.39 is 35.8 Å². The highest BCUT2D eigenvalue weighted by Gasteiger charge is 2.43. The minimum atomic E-state index is -1.34. The standard InChI is InChI=1S/C36H28Cl2N8O6/c1-3-51-35(49)31-29(33(47)45(43-31)23-11-7-5-8-12-23)41-39-27-17-15-21(19-25(27)37)22-16-18-28(26(38)20-22)40-42-30-32(36(50)52-4-2)44-46(34(30)48)24-13-9-6-10-14-24/h5-20,29-30H,3-4H2,1-2H3/t29-,30-/m0/s1. The molecular weight excluding hydrogens is 711 g/mol. The smallest absolute Gasteiger partial charge is 0.357 e. The van der Waals surface area contributed by atoms with E-state index in [-0.39, 0.29) is 46.1 Å². The van der Waals surface area contributed by atoms with E-state index in [1.807, 2.05) is 0 Å². The summed E-state index contributed by atoms with van der Waals surface area (Å²) in [6.45, 7) is 3.45. The van der Waals surface area contributed by atoms with Crippen LogP contribution in [-0.2, 0) is 28.7 Å². The summed E-state index contributed by atoms with van der Waals surface area (Å²) in [7, 11) is 0. The van der Waals surface area contributed by atoms with E-state index in [1.54, 1.807) is 111 Å². The molecule has 0 aromatic heterocycles. The Kier molecular flexibility index (Phi) is 10.9. The minimum absolute atomic E-state index is 0.0846. The normalized spacial score (nSPS) is 17.2. The number of nitrogens with zero attached hydrogens (tertiary/aromatic N) is 8. The Labute approximate surface area is 307 Å². The fourth-order valence-corrected chi connectivity index (χ4v) is 5.53. The van der Waals surface area contributed by atoms with E-state index >= 15 is 0 Å². The van der Waals surface area contributed by atoms with Gasteiger partial charge in [-0.25, -0.2) is 9.59 Å². The van der Waals surface area contributed by atoms with Crippen LogP contribution >= 0.6 is 23.2 Å². The third kappa shape index (κ3) is 7.48. The van der Waals surface area contributed by atoms with Crippen LogP contribution in [-0.4, -0.2) is 60.5 Å². The number of amides is 2. The number of benzene rings is 4. The van der Waals surface area contributed by atoms with Gasteiger partial charge in [-0.1, -0.05) is 71.7 Å². The van der Waals surface area contributed by atoms with Crippen LogP contribution in [0.1, 0.15) is 13.8 Å². The molecule has 52 heavy (non-hydrogen) atoms. The van der Waals surface area contributed by atoms with Gasteiger partial charge in [-0.2, -0.15) is 40.7 Å². The number of hydrogen-bond acceptors (Lipinski definition) is 12. The Morgan fingerprint density at radius 2 is 1.02 bits per heavy atom. The molecule has 2 atom stereocenters. The summed E-state index contributed by atoms with van der Waals surface area (Å²) in [5, 5.41) is 27.6. The first kappa shape index (κ1) is 35.7. The van der Waals surface area contributed by atoms with Crippen molar-refractivity contribution < 1.29 is 28.7 Å². The zero-order valence-electron chi connectivity index (χ0n) is 27.6. The summed E-state index contributed by atoms with van der Waals surface area (Å²) in [6, 6.07) is 24.4. The van der Waals surface area contributed by atoms with Crippen molar-refractivity contribution >= 4 is 81.1 Å². The van der Waals surface area contributed by atoms with Gasteiger partial charge in [-0.15, -0.1) is 0 Å². The number of carbonyl (C=O) groups excluding carboxylic acids is 4. The van der Waals surface area contributed by atoms with Crippen molar-refractivity contribution in [2.45, 2.75) is 25.9 Å². The molecule has 0 unspecified atom stereocenters. The molecule has 6 rings (SSSR count). The van der Waals surface area contributed by atoms with Crippen LogP contribution in [0.2, 0.25) is 10.0 Å². The number of rotatable bonds is 11. The Hall–Kier alpha value is -6.12. The van der Waals surface area contributed by atoms with Crippen molar-refractivity contribution in [2.75, 3.05) is 23.2 Å². The van der Waals surface area contributed by atoms with Crippen LogP contribution < -0.4 is 10.0 Å². The van der Waals surface area contributed by atoms with Gasteiger partial charge in [0.15, 0.2) is 11.4 Å². The van der Waals surface area contributed by atoms with Crippen LogP contribution in [0.4, 0.5) is 22.7 Å². The van der Waals surface area contributed by atoms with Crippen LogP contribution in [0.5, 0.6) is 0 Å². The van der Waals surface area contributed by atoms with Crippen LogP contribution in [0, 0.1) is 0 Å². The van der Waals surface area contributed by atoms with Crippen LogP contribution in [0.3, 0.4) is 0 Å². The van der Waals surface area contributed by atoms with E-state index in [1.165, 1.54) is 0 Å². The molecule has 16 heteroatoms. The fourth-order valence-electron chi connectivity index (χ4n) is 5.10. The lowest BCUT2D eigenvalue weighted by Crippen LogP contribution is -2.33. The maximum atomic E-state index is 13.3. The van der Waals surface area contributed by atoms with Crippen molar-refractivity contribution in [1.29, 1.82) is 0 Å². The molecule has 0 radical (unpaired) electrons. The second-order valence-electron chi connectivity index (χ2n) is 11.0. The van der Waals surface area contributed by atoms with E-state index in [4.69, 9.17) is 32.7 Å². The zero-order chi connectivity index (χ0) is 36.8. The van der Waals surface area contributed by atoms with Gasteiger partial charge in [0.05, 0.1) is 34.6 Å². The quantitative estimate of drug-likeness (QED) is 0.114. The molecule has 0 saturated heterocycles. The number of para-hydroxylation sites is 2. The number of azo groups is 2. The Balaban J connectivity index is 1.19. The van der Waals surface area contributed by atoms with Gasteiger partial charge in [0, 0.05) is 0 Å². The number of anilines is 2. The number of carbonyl (C=O) groups is 4. The van der Waals surface area contributed by atoms with Gasteiger partial charge in [0.25, 0.3) is 11.8 Å². The molecule has 4 aromatic rings. The van der Waals surface area contributed by atoms with Crippen LogP contribution in [0.15, 0.2) is 128 Å². The molecule has 2 amide bonds. The zero-order valence-corrected chi connectivity index (χ0v) is 29.1. The van der Waals surface area contributed by atoms with E-state index in [0.29, 0.717) is 22.5 Å². The van der Waals surface area contributed by atoms with Crippen molar-refractivity contribution in [2.24, 2.45) is 30.7 Å². The summed E-state index contributed by atoms with van der Waals surface area (Å²) >= 11 is 13.2. The molecule has 14 nitrogen and oxygen atoms in total. The predicted molar refractivity (Wildman–Crippen MR) is 194 cm³/mol. The van der Waals surface area contributed by atoms with Gasteiger partial charge < -0.3 is 9.47 Å². The molecule has 2 heterocycles. The summed E-state index contributed by atoms with van der Waals surface area (Å²) in [5.74, 6) is -2.71. The molecule has 0 saturated carbocycles. The first-order valence-corrected chi connectivity index (χ1v) is 16.7. The maximum Gasteiger partial charge on any atom is 0.357 e. The third-order valence-electron chi connectivity index (χ3n) is 7.58. The number of esters is 2. The second-order valence-corrected chi connectivity index (χ2v) is 11.8. The Bertz CT molecular complexity index is 2010. The second kappa shape index (κ2) is 15.8. The van der Waals surface area contributed by atoms with Crippen molar-refractivity contribution in [3.05, 3.63) is 107 Å². The first-order chi connectivity index (χ1) is 25.2. The molecule has 2 aliphatic rings. The lowest BCUT2D eigenvalue weighted by atomic mass is 10.0. The molecule has 4 aromatic carbocycles. The van der Waals surface area contributed by atoms with Gasteiger partial charge in [-0.05, 0) is 73.5 Å². The van der Waals surface area contributed by atoms with Crippen LogP contribution in [0.25, 0.3) is 11.1 Å². The Morgan fingerprint density at radius 1 is 0.635 bits per heavy atom. The lowest BCUT2D eigenvalue weighted by Gasteiger charge is -2.12. The molecular formula is C36H28Cl2N8O6. The highest BCUT2D eigenvalue weighted by Crippen LogP contribution is 2.36. The molecule has 0 aliphatic carbocycles.